The first-order valence-corrected chi connectivity index (χ1v) is 8.77. The maximum atomic E-state index is 12.4. The summed E-state index contributed by atoms with van der Waals surface area (Å²) in [6, 6.07) is 2.50. The summed E-state index contributed by atoms with van der Waals surface area (Å²) < 4.78 is 32.3. The third-order valence-electron chi connectivity index (χ3n) is 3.01. The summed E-state index contributed by atoms with van der Waals surface area (Å²) >= 11 is 5.94. The predicted molar refractivity (Wildman–Crippen MR) is 88.1 cm³/mol. The van der Waals surface area contributed by atoms with Gasteiger partial charge in [-0.15, -0.1) is 0 Å². The van der Waals surface area contributed by atoms with E-state index in [0.717, 1.165) is 0 Å². The van der Waals surface area contributed by atoms with Gasteiger partial charge in [-0.2, -0.15) is 0 Å². The Hall–Kier alpha value is -1.84. The van der Waals surface area contributed by atoms with E-state index >= 15 is 0 Å². The highest BCUT2D eigenvalue weighted by atomic mass is 35.5. The summed E-state index contributed by atoms with van der Waals surface area (Å²) in [4.78, 5) is 23.7. The molecular formula is C14H19ClN2O6S. The number of carbonyl (C=O) groups excluding carboxylic acids is 1. The van der Waals surface area contributed by atoms with Gasteiger partial charge in [0, 0.05) is 32.1 Å². The first-order valence-electron chi connectivity index (χ1n) is 6.90. The van der Waals surface area contributed by atoms with Crippen LogP contribution in [0.4, 0.5) is 0 Å². The number of carbonyl (C=O) groups is 2. The molecule has 134 valence electrons. The van der Waals surface area contributed by atoms with Crippen molar-refractivity contribution >= 4 is 33.5 Å². The van der Waals surface area contributed by atoms with Crippen molar-refractivity contribution in [3.63, 3.8) is 0 Å². The number of carboxylic acid groups (broad SMARTS) is 1. The lowest BCUT2D eigenvalue weighted by Gasteiger charge is -2.17. The van der Waals surface area contributed by atoms with Gasteiger partial charge in [-0.1, -0.05) is 11.6 Å². The molecule has 0 saturated carbocycles. The molecule has 2 N–H and O–H groups in total. The van der Waals surface area contributed by atoms with Crippen LogP contribution in [0.15, 0.2) is 17.0 Å². The Balaban J connectivity index is 3.22. The van der Waals surface area contributed by atoms with Crippen LogP contribution in [0.25, 0.3) is 0 Å². The minimum absolute atomic E-state index is 0.0147. The molecule has 0 heterocycles. The lowest BCUT2D eigenvalue weighted by atomic mass is 10.2. The van der Waals surface area contributed by atoms with Crippen LogP contribution in [-0.2, 0) is 14.8 Å². The second-order valence-electron chi connectivity index (χ2n) is 5.08. The number of amides is 1. The first kappa shape index (κ1) is 20.2. The molecule has 0 aromatic heterocycles. The van der Waals surface area contributed by atoms with Crippen molar-refractivity contribution in [1.29, 1.82) is 0 Å². The van der Waals surface area contributed by atoms with Crippen molar-refractivity contribution < 1.29 is 27.9 Å². The topological polar surface area (TPSA) is 113 Å². The van der Waals surface area contributed by atoms with Gasteiger partial charge in [0.15, 0.2) is 5.75 Å². The molecule has 0 aliphatic rings. The number of nitrogens with zero attached hydrogens (tertiary/aromatic N) is 1. The largest absolute Gasteiger partial charge is 0.494 e. The quantitative estimate of drug-likeness (QED) is 0.657. The van der Waals surface area contributed by atoms with Gasteiger partial charge in [0.2, 0.25) is 10.0 Å². The number of halogens is 1. The summed E-state index contributed by atoms with van der Waals surface area (Å²) in [7, 11) is 0.251. The third-order valence-corrected chi connectivity index (χ3v) is 4.69. The number of rotatable bonds is 8. The van der Waals surface area contributed by atoms with E-state index in [1.807, 2.05) is 0 Å². The zero-order valence-corrected chi connectivity index (χ0v) is 15.1. The number of methoxy groups -OCH3 is 1. The van der Waals surface area contributed by atoms with Crippen LogP contribution < -0.4 is 9.46 Å². The molecule has 8 nitrogen and oxygen atoms in total. The normalized spacial score (nSPS) is 11.2. The van der Waals surface area contributed by atoms with Crippen molar-refractivity contribution in [2.75, 3.05) is 27.7 Å². The Morgan fingerprint density at radius 3 is 2.46 bits per heavy atom. The van der Waals surface area contributed by atoms with Gasteiger partial charge in [0.25, 0.3) is 5.91 Å². The van der Waals surface area contributed by atoms with E-state index in [1.54, 1.807) is 0 Å². The van der Waals surface area contributed by atoms with Gasteiger partial charge in [0.05, 0.1) is 12.7 Å². The van der Waals surface area contributed by atoms with Crippen molar-refractivity contribution in [1.82, 2.24) is 9.62 Å². The molecule has 0 aliphatic heterocycles. The molecule has 0 fully saturated rings. The molecule has 0 aliphatic carbocycles. The standard InChI is InChI=1S/C14H19ClN2O6S/c1-17(2)14(20)10-7-9(15)8-11(13(10)23-3)24(21,22)16-6-4-5-12(18)19/h7-8,16H,4-6H2,1-3H3,(H,18,19). The minimum atomic E-state index is -4.03. The fourth-order valence-corrected chi connectivity index (χ4v) is 3.47. The number of carboxylic acids is 1. The number of aliphatic carboxylic acids is 1. The minimum Gasteiger partial charge on any atom is -0.494 e. The molecule has 0 saturated heterocycles. The van der Waals surface area contributed by atoms with E-state index in [1.165, 1.54) is 38.2 Å². The molecule has 24 heavy (non-hydrogen) atoms. The van der Waals surface area contributed by atoms with Gasteiger partial charge in [-0.05, 0) is 18.6 Å². The second kappa shape index (κ2) is 8.32. The molecule has 1 aromatic carbocycles. The summed E-state index contributed by atoms with van der Waals surface area (Å²) in [5.41, 5.74) is 0.0147. The van der Waals surface area contributed by atoms with E-state index in [-0.39, 0.29) is 40.6 Å². The Morgan fingerprint density at radius 1 is 1.33 bits per heavy atom. The van der Waals surface area contributed by atoms with Crippen molar-refractivity contribution in [2.24, 2.45) is 0 Å². The van der Waals surface area contributed by atoms with Gasteiger partial charge >= 0.3 is 5.97 Å². The fraction of sp³-hybridized carbons (Fsp3) is 0.429. The SMILES string of the molecule is COc1c(C(=O)N(C)C)cc(Cl)cc1S(=O)(=O)NCCCC(=O)O. The van der Waals surface area contributed by atoms with Crippen LogP contribution in [0, 0.1) is 0 Å². The molecule has 10 heteroatoms. The molecule has 1 amide bonds. The smallest absolute Gasteiger partial charge is 0.303 e. The Kier molecular flexibility index (Phi) is 7.00. The maximum absolute atomic E-state index is 12.4. The number of hydrogen-bond acceptors (Lipinski definition) is 5. The molecular weight excluding hydrogens is 360 g/mol. The van der Waals surface area contributed by atoms with Crippen LogP contribution in [0.2, 0.25) is 5.02 Å². The first-order chi connectivity index (χ1) is 11.1. The highest BCUT2D eigenvalue weighted by molar-refractivity contribution is 7.89. The molecule has 0 unspecified atom stereocenters. The molecule has 0 spiro atoms. The van der Waals surface area contributed by atoms with Crippen molar-refractivity contribution in [3.05, 3.63) is 22.7 Å². The van der Waals surface area contributed by atoms with Gasteiger partial charge in [-0.25, -0.2) is 13.1 Å². The average molecular weight is 379 g/mol. The molecule has 1 rings (SSSR count). The second-order valence-corrected chi connectivity index (χ2v) is 7.25. The van der Waals surface area contributed by atoms with E-state index in [2.05, 4.69) is 4.72 Å². The van der Waals surface area contributed by atoms with Crippen LogP contribution in [0.5, 0.6) is 5.75 Å². The van der Waals surface area contributed by atoms with Gasteiger partial charge in [0.1, 0.15) is 4.90 Å². The summed E-state index contributed by atoms with van der Waals surface area (Å²) in [6.45, 7) is -0.0682. The van der Waals surface area contributed by atoms with Crippen LogP contribution in [0.1, 0.15) is 23.2 Å². The van der Waals surface area contributed by atoms with Gasteiger partial charge < -0.3 is 14.7 Å². The van der Waals surface area contributed by atoms with E-state index in [0.29, 0.717) is 0 Å². The number of ether oxygens (including phenoxy) is 1. The zero-order chi connectivity index (χ0) is 18.5. The van der Waals surface area contributed by atoms with Crippen LogP contribution in [0.3, 0.4) is 0 Å². The number of sulfonamides is 1. The monoisotopic (exact) mass is 378 g/mol. The number of benzene rings is 1. The van der Waals surface area contributed by atoms with E-state index < -0.39 is 21.9 Å². The molecule has 0 radical (unpaired) electrons. The Bertz CT molecular complexity index is 733. The highest BCUT2D eigenvalue weighted by Crippen LogP contribution is 2.32. The lowest BCUT2D eigenvalue weighted by molar-refractivity contribution is -0.137. The Morgan fingerprint density at radius 2 is 1.96 bits per heavy atom. The van der Waals surface area contributed by atoms with E-state index in [4.69, 9.17) is 21.4 Å². The predicted octanol–water partition coefficient (Wildman–Crippen LogP) is 1.19. The third kappa shape index (κ3) is 5.08. The summed E-state index contributed by atoms with van der Waals surface area (Å²) in [5, 5.41) is 8.63. The maximum Gasteiger partial charge on any atom is 0.303 e. The molecule has 1 aromatic rings. The van der Waals surface area contributed by atoms with Gasteiger partial charge in [-0.3, -0.25) is 9.59 Å². The zero-order valence-electron chi connectivity index (χ0n) is 13.5. The van der Waals surface area contributed by atoms with E-state index in [9.17, 15) is 18.0 Å². The average Bonchev–Trinajstić information content (AvgIpc) is 2.49. The van der Waals surface area contributed by atoms with Crippen molar-refractivity contribution in [2.45, 2.75) is 17.7 Å². The van der Waals surface area contributed by atoms with Crippen molar-refractivity contribution in [3.8, 4) is 5.75 Å². The van der Waals surface area contributed by atoms with Crippen LogP contribution >= 0.6 is 11.6 Å². The lowest BCUT2D eigenvalue weighted by Crippen LogP contribution is -2.27. The fourth-order valence-electron chi connectivity index (χ4n) is 1.90. The summed E-state index contributed by atoms with van der Waals surface area (Å²) in [5.74, 6) is -1.60. The summed E-state index contributed by atoms with van der Waals surface area (Å²) in [6.07, 6.45) is -0.0412. The number of nitrogens with one attached hydrogen (secondary N) is 1. The van der Waals surface area contributed by atoms with Crippen LogP contribution in [-0.4, -0.2) is 58.1 Å². The molecule has 0 atom stereocenters. The Labute approximate surface area is 145 Å². The highest BCUT2D eigenvalue weighted by Gasteiger charge is 2.26. The molecule has 0 bridgehead atoms. The number of hydrogen-bond donors (Lipinski definition) is 2.